The fourth-order valence-electron chi connectivity index (χ4n) is 1.67. The van der Waals surface area contributed by atoms with Crippen molar-refractivity contribution < 1.29 is 0 Å². The first-order valence-corrected chi connectivity index (χ1v) is 6.07. The summed E-state index contributed by atoms with van der Waals surface area (Å²) >= 11 is 0. The van der Waals surface area contributed by atoms with Crippen LogP contribution in [0.2, 0.25) is 0 Å². The molecule has 0 spiro atoms. The van der Waals surface area contributed by atoms with Gasteiger partial charge in [0.25, 0.3) is 0 Å². The molecule has 2 rings (SSSR count). The Hall–Kier alpha value is -1.83. The van der Waals surface area contributed by atoms with Crippen molar-refractivity contribution in [1.29, 1.82) is 0 Å². The van der Waals surface area contributed by atoms with E-state index >= 15 is 0 Å². The second-order valence-corrected chi connectivity index (χ2v) is 4.20. The summed E-state index contributed by atoms with van der Waals surface area (Å²) in [5, 5.41) is 3.30. The molecule has 0 atom stereocenters. The molecular formula is C15H18N2. The average molecular weight is 226 g/mol. The van der Waals surface area contributed by atoms with Crippen molar-refractivity contribution in [3.05, 3.63) is 48.0 Å². The minimum Gasteiger partial charge on any atom is -0.370 e. The summed E-state index contributed by atoms with van der Waals surface area (Å²) in [5.41, 5.74) is 3.45. The van der Waals surface area contributed by atoms with E-state index in [1.165, 1.54) is 5.56 Å². The number of benzene rings is 1. The van der Waals surface area contributed by atoms with Gasteiger partial charge in [0, 0.05) is 12.1 Å². The predicted octanol–water partition coefficient (Wildman–Crippen LogP) is 3.88. The lowest BCUT2D eigenvalue weighted by Gasteiger charge is -2.06. The number of anilines is 1. The molecule has 1 N–H and O–H groups in total. The lowest BCUT2D eigenvalue weighted by atomic mass is 10.1. The zero-order chi connectivity index (χ0) is 12.1. The van der Waals surface area contributed by atoms with Gasteiger partial charge in [0.1, 0.15) is 5.82 Å². The highest BCUT2D eigenvalue weighted by molar-refractivity contribution is 5.61. The molecule has 1 heterocycles. The van der Waals surface area contributed by atoms with Crippen LogP contribution in [0.4, 0.5) is 5.82 Å². The summed E-state index contributed by atoms with van der Waals surface area (Å²) in [7, 11) is 0. The first kappa shape index (κ1) is 11.6. The highest BCUT2D eigenvalue weighted by atomic mass is 15.0. The molecule has 0 saturated carbocycles. The van der Waals surface area contributed by atoms with Crippen LogP contribution in [-0.4, -0.2) is 11.5 Å². The summed E-state index contributed by atoms with van der Waals surface area (Å²) < 4.78 is 0. The van der Waals surface area contributed by atoms with Gasteiger partial charge in [0.15, 0.2) is 0 Å². The van der Waals surface area contributed by atoms with Crippen molar-refractivity contribution in [2.24, 2.45) is 0 Å². The normalized spacial score (nSPS) is 10.2. The minimum atomic E-state index is 0.949. The van der Waals surface area contributed by atoms with E-state index < -0.39 is 0 Å². The maximum atomic E-state index is 4.60. The van der Waals surface area contributed by atoms with Gasteiger partial charge in [-0.1, -0.05) is 42.8 Å². The molecule has 17 heavy (non-hydrogen) atoms. The summed E-state index contributed by atoms with van der Waals surface area (Å²) in [4.78, 5) is 4.60. The van der Waals surface area contributed by atoms with Crippen LogP contribution in [0.3, 0.4) is 0 Å². The molecule has 2 heteroatoms. The van der Waals surface area contributed by atoms with E-state index in [0.717, 1.165) is 30.0 Å². The monoisotopic (exact) mass is 226 g/mol. The average Bonchev–Trinajstić information content (AvgIpc) is 2.37. The number of hydrogen-bond donors (Lipinski definition) is 1. The van der Waals surface area contributed by atoms with Crippen molar-refractivity contribution >= 4 is 5.82 Å². The molecule has 2 aromatic rings. The predicted molar refractivity (Wildman–Crippen MR) is 73.2 cm³/mol. The molecule has 2 nitrogen and oxygen atoms in total. The third kappa shape index (κ3) is 3.06. The van der Waals surface area contributed by atoms with Crippen LogP contribution in [0.1, 0.15) is 18.9 Å². The van der Waals surface area contributed by atoms with E-state index in [4.69, 9.17) is 0 Å². The highest BCUT2D eigenvalue weighted by Crippen LogP contribution is 2.19. The van der Waals surface area contributed by atoms with Crippen molar-refractivity contribution in [1.82, 2.24) is 4.98 Å². The molecule has 0 bridgehead atoms. The molecular weight excluding hydrogens is 208 g/mol. The van der Waals surface area contributed by atoms with E-state index in [1.807, 2.05) is 18.2 Å². The van der Waals surface area contributed by atoms with Crippen LogP contribution >= 0.6 is 0 Å². The fraction of sp³-hybridized carbons (Fsp3) is 0.267. The van der Waals surface area contributed by atoms with Crippen molar-refractivity contribution in [3.63, 3.8) is 0 Å². The second-order valence-electron chi connectivity index (χ2n) is 4.20. The van der Waals surface area contributed by atoms with Crippen molar-refractivity contribution in [2.75, 3.05) is 11.9 Å². The standard InChI is InChI=1S/C15H18N2/c1-3-11-16-15-6-4-5-14(17-15)13-9-7-12(2)8-10-13/h4-10H,3,11H2,1-2H3,(H,16,17). The van der Waals surface area contributed by atoms with E-state index in [0.29, 0.717) is 0 Å². The molecule has 1 aromatic heterocycles. The first-order chi connectivity index (χ1) is 8.29. The molecule has 0 radical (unpaired) electrons. The molecule has 0 fully saturated rings. The fourth-order valence-corrected chi connectivity index (χ4v) is 1.67. The Kier molecular flexibility index (Phi) is 3.76. The summed E-state index contributed by atoms with van der Waals surface area (Å²) in [5.74, 6) is 0.949. The van der Waals surface area contributed by atoms with Crippen molar-refractivity contribution in [3.8, 4) is 11.3 Å². The van der Waals surface area contributed by atoms with Gasteiger partial charge in [0.2, 0.25) is 0 Å². The molecule has 0 aliphatic carbocycles. The van der Waals surface area contributed by atoms with Crippen LogP contribution in [0, 0.1) is 6.92 Å². The van der Waals surface area contributed by atoms with E-state index in [2.05, 4.69) is 48.4 Å². The van der Waals surface area contributed by atoms with Gasteiger partial charge in [0.05, 0.1) is 5.69 Å². The largest absolute Gasteiger partial charge is 0.370 e. The van der Waals surface area contributed by atoms with Gasteiger partial charge >= 0.3 is 0 Å². The topological polar surface area (TPSA) is 24.9 Å². The Morgan fingerprint density at radius 3 is 2.53 bits per heavy atom. The number of nitrogens with one attached hydrogen (secondary N) is 1. The lowest BCUT2D eigenvalue weighted by Crippen LogP contribution is -2.01. The van der Waals surface area contributed by atoms with Gasteiger partial charge in [-0.05, 0) is 25.5 Å². The Balaban J connectivity index is 2.23. The van der Waals surface area contributed by atoms with Gasteiger partial charge < -0.3 is 5.32 Å². The number of aryl methyl sites for hydroxylation is 1. The minimum absolute atomic E-state index is 0.949. The van der Waals surface area contributed by atoms with Crippen LogP contribution in [0.25, 0.3) is 11.3 Å². The summed E-state index contributed by atoms with van der Waals surface area (Å²) in [6, 6.07) is 14.5. The zero-order valence-electron chi connectivity index (χ0n) is 10.4. The third-order valence-electron chi connectivity index (χ3n) is 2.65. The Labute approximate surface area is 103 Å². The Bertz CT molecular complexity index is 475. The van der Waals surface area contributed by atoms with Crippen molar-refractivity contribution in [2.45, 2.75) is 20.3 Å². The Morgan fingerprint density at radius 1 is 1.06 bits per heavy atom. The lowest BCUT2D eigenvalue weighted by molar-refractivity contribution is 0.970. The number of hydrogen-bond acceptors (Lipinski definition) is 2. The van der Waals surface area contributed by atoms with Crippen LogP contribution < -0.4 is 5.32 Å². The SMILES string of the molecule is CCCNc1cccc(-c2ccc(C)cc2)n1. The maximum absolute atomic E-state index is 4.60. The molecule has 0 unspecified atom stereocenters. The molecule has 0 saturated heterocycles. The Morgan fingerprint density at radius 2 is 1.82 bits per heavy atom. The van der Waals surface area contributed by atoms with Gasteiger partial charge in [-0.3, -0.25) is 0 Å². The highest BCUT2D eigenvalue weighted by Gasteiger charge is 2.00. The number of aromatic nitrogens is 1. The maximum Gasteiger partial charge on any atom is 0.126 e. The van der Waals surface area contributed by atoms with Gasteiger partial charge in [-0.2, -0.15) is 0 Å². The molecule has 0 aliphatic heterocycles. The smallest absolute Gasteiger partial charge is 0.126 e. The molecule has 88 valence electrons. The molecule has 1 aromatic carbocycles. The van der Waals surface area contributed by atoms with E-state index in [9.17, 15) is 0 Å². The van der Waals surface area contributed by atoms with Gasteiger partial charge in [-0.25, -0.2) is 4.98 Å². The number of nitrogens with zero attached hydrogens (tertiary/aromatic N) is 1. The number of rotatable bonds is 4. The van der Waals surface area contributed by atoms with Crippen LogP contribution in [0.15, 0.2) is 42.5 Å². The first-order valence-electron chi connectivity index (χ1n) is 6.07. The third-order valence-corrected chi connectivity index (χ3v) is 2.65. The van der Waals surface area contributed by atoms with Crippen LogP contribution in [0.5, 0.6) is 0 Å². The summed E-state index contributed by atoms with van der Waals surface area (Å²) in [6.07, 6.45) is 1.11. The van der Waals surface area contributed by atoms with E-state index in [1.54, 1.807) is 0 Å². The van der Waals surface area contributed by atoms with Crippen LogP contribution in [-0.2, 0) is 0 Å². The van der Waals surface area contributed by atoms with E-state index in [-0.39, 0.29) is 0 Å². The summed E-state index contributed by atoms with van der Waals surface area (Å²) in [6.45, 7) is 5.21. The zero-order valence-corrected chi connectivity index (χ0v) is 10.4. The molecule has 0 amide bonds. The quantitative estimate of drug-likeness (QED) is 0.855. The second kappa shape index (κ2) is 5.48. The number of pyridine rings is 1. The molecule has 0 aliphatic rings. The van der Waals surface area contributed by atoms with Gasteiger partial charge in [-0.15, -0.1) is 0 Å².